The van der Waals surface area contributed by atoms with Crippen LogP contribution in [0.3, 0.4) is 0 Å². The van der Waals surface area contributed by atoms with Gasteiger partial charge in [0.2, 0.25) is 5.91 Å². The van der Waals surface area contributed by atoms with Crippen molar-refractivity contribution >= 4 is 5.91 Å². The van der Waals surface area contributed by atoms with Crippen molar-refractivity contribution in [2.45, 2.75) is 26.3 Å². The lowest BCUT2D eigenvalue weighted by Gasteiger charge is -2.22. The molecule has 82 valence electrons. The van der Waals surface area contributed by atoms with Crippen molar-refractivity contribution in [2.75, 3.05) is 19.8 Å². The Kier molecular flexibility index (Phi) is 4.35. The van der Waals surface area contributed by atoms with Crippen LogP contribution in [0, 0.1) is 11.8 Å². The zero-order chi connectivity index (χ0) is 10.6. The van der Waals surface area contributed by atoms with Gasteiger partial charge in [0.05, 0.1) is 19.3 Å². The predicted molar refractivity (Wildman–Crippen MR) is 52.8 cm³/mol. The van der Waals surface area contributed by atoms with E-state index in [2.05, 4.69) is 5.32 Å². The zero-order valence-electron chi connectivity index (χ0n) is 8.82. The molecule has 4 nitrogen and oxygen atoms in total. The Morgan fingerprint density at radius 2 is 2.36 bits per heavy atom. The molecule has 0 aromatic carbocycles. The van der Waals surface area contributed by atoms with Gasteiger partial charge in [-0.05, 0) is 6.42 Å². The van der Waals surface area contributed by atoms with Gasteiger partial charge in [-0.3, -0.25) is 4.79 Å². The molecule has 1 fully saturated rings. The van der Waals surface area contributed by atoms with Crippen LogP contribution in [-0.2, 0) is 9.53 Å². The molecule has 2 unspecified atom stereocenters. The highest BCUT2D eigenvalue weighted by molar-refractivity contribution is 5.78. The molecule has 2 atom stereocenters. The van der Waals surface area contributed by atoms with Gasteiger partial charge in [-0.15, -0.1) is 0 Å². The number of aliphatic hydroxyl groups excluding tert-OH is 1. The van der Waals surface area contributed by atoms with Gasteiger partial charge in [0.25, 0.3) is 0 Å². The summed E-state index contributed by atoms with van der Waals surface area (Å²) in [6, 6.07) is -0.146. The van der Waals surface area contributed by atoms with Gasteiger partial charge in [0, 0.05) is 18.4 Å². The molecule has 0 bridgehead atoms. The number of rotatable bonds is 4. The average molecular weight is 201 g/mol. The van der Waals surface area contributed by atoms with Crippen molar-refractivity contribution in [3.05, 3.63) is 0 Å². The monoisotopic (exact) mass is 201 g/mol. The summed E-state index contributed by atoms with van der Waals surface area (Å²) in [4.78, 5) is 11.4. The molecule has 0 radical (unpaired) electrons. The van der Waals surface area contributed by atoms with E-state index in [1.165, 1.54) is 0 Å². The Balaban J connectivity index is 2.41. The maximum atomic E-state index is 11.4. The van der Waals surface area contributed by atoms with E-state index in [0.717, 1.165) is 13.0 Å². The summed E-state index contributed by atoms with van der Waals surface area (Å²) >= 11 is 0. The third kappa shape index (κ3) is 2.96. The number of amides is 1. The van der Waals surface area contributed by atoms with Crippen molar-refractivity contribution in [2.24, 2.45) is 11.8 Å². The van der Waals surface area contributed by atoms with Crippen LogP contribution < -0.4 is 5.32 Å². The summed E-state index contributed by atoms with van der Waals surface area (Å²) in [6.07, 6.45) is 0.920. The smallest absolute Gasteiger partial charge is 0.222 e. The quantitative estimate of drug-likeness (QED) is 0.681. The van der Waals surface area contributed by atoms with Gasteiger partial charge in [-0.2, -0.15) is 0 Å². The van der Waals surface area contributed by atoms with Gasteiger partial charge in [0.15, 0.2) is 0 Å². The summed E-state index contributed by atoms with van der Waals surface area (Å²) in [5, 5.41) is 12.0. The van der Waals surface area contributed by atoms with E-state index in [1.807, 2.05) is 13.8 Å². The van der Waals surface area contributed by atoms with E-state index in [9.17, 15) is 4.79 Å². The molecular weight excluding hydrogens is 182 g/mol. The Morgan fingerprint density at radius 1 is 1.64 bits per heavy atom. The van der Waals surface area contributed by atoms with E-state index < -0.39 is 0 Å². The van der Waals surface area contributed by atoms with Crippen molar-refractivity contribution in [3.63, 3.8) is 0 Å². The molecule has 1 heterocycles. The number of carbonyl (C=O) groups excluding carboxylic acids is 1. The number of carbonyl (C=O) groups is 1. The van der Waals surface area contributed by atoms with Crippen molar-refractivity contribution in [1.82, 2.24) is 5.32 Å². The third-order valence-corrected chi connectivity index (χ3v) is 2.58. The largest absolute Gasteiger partial charge is 0.394 e. The van der Waals surface area contributed by atoms with Crippen molar-refractivity contribution in [1.29, 1.82) is 0 Å². The highest BCUT2D eigenvalue weighted by Crippen LogP contribution is 2.16. The summed E-state index contributed by atoms with van der Waals surface area (Å²) in [7, 11) is 0. The number of aliphatic hydroxyl groups is 1. The number of hydrogen-bond donors (Lipinski definition) is 2. The Hall–Kier alpha value is -0.610. The first-order chi connectivity index (χ1) is 6.65. The molecule has 2 N–H and O–H groups in total. The molecule has 14 heavy (non-hydrogen) atoms. The van der Waals surface area contributed by atoms with Crippen molar-refractivity contribution in [3.8, 4) is 0 Å². The fourth-order valence-corrected chi connectivity index (χ4v) is 1.53. The second kappa shape index (κ2) is 5.32. The standard InChI is InChI=1S/C10H19NO3/c1-7(2)10(13)11-9(5-12)8-3-4-14-6-8/h7-9,12H,3-6H2,1-2H3,(H,11,13). The van der Waals surface area contributed by atoms with Crippen LogP contribution in [-0.4, -0.2) is 36.9 Å². The summed E-state index contributed by atoms with van der Waals surface area (Å²) < 4.78 is 5.22. The van der Waals surface area contributed by atoms with Gasteiger partial charge < -0.3 is 15.2 Å². The first-order valence-corrected chi connectivity index (χ1v) is 5.14. The average Bonchev–Trinajstić information content (AvgIpc) is 2.66. The molecule has 0 spiro atoms. The van der Waals surface area contributed by atoms with Crippen LogP contribution in [0.2, 0.25) is 0 Å². The lowest BCUT2D eigenvalue weighted by Crippen LogP contribution is -2.44. The first kappa shape index (κ1) is 11.5. The van der Waals surface area contributed by atoms with Crippen molar-refractivity contribution < 1.29 is 14.6 Å². The van der Waals surface area contributed by atoms with Crippen LogP contribution in [0.1, 0.15) is 20.3 Å². The molecule has 0 aromatic heterocycles. The molecule has 1 amide bonds. The summed E-state index contributed by atoms with van der Waals surface area (Å²) in [6.45, 7) is 5.05. The Labute approximate surface area is 84.6 Å². The SMILES string of the molecule is CC(C)C(=O)NC(CO)C1CCOC1. The van der Waals surface area contributed by atoms with Gasteiger partial charge in [0.1, 0.15) is 0 Å². The fraction of sp³-hybridized carbons (Fsp3) is 0.900. The van der Waals surface area contributed by atoms with Crippen LogP contribution in [0.15, 0.2) is 0 Å². The van der Waals surface area contributed by atoms with Gasteiger partial charge in [-0.25, -0.2) is 0 Å². The minimum absolute atomic E-state index is 0.00375. The highest BCUT2D eigenvalue weighted by atomic mass is 16.5. The maximum Gasteiger partial charge on any atom is 0.222 e. The summed E-state index contributed by atoms with van der Waals surface area (Å²) in [5.74, 6) is 0.227. The van der Waals surface area contributed by atoms with E-state index in [4.69, 9.17) is 9.84 Å². The lowest BCUT2D eigenvalue weighted by atomic mass is 9.99. The second-order valence-corrected chi connectivity index (χ2v) is 4.08. The number of nitrogens with one attached hydrogen (secondary N) is 1. The minimum Gasteiger partial charge on any atom is -0.394 e. The molecule has 1 aliphatic heterocycles. The van der Waals surface area contributed by atoms with Crippen LogP contribution in [0.4, 0.5) is 0 Å². The topological polar surface area (TPSA) is 58.6 Å². The van der Waals surface area contributed by atoms with E-state index in [0.29, 0.717) is 6.61 Å². The normalized spacial score (nSPS) is 23.9. The number of hydrogen-bond acceptors (Lipinski definition) is 3. The molecular formula is C10H19NO3. The first-order valence-electron chi connectivity index (χ1n) is 5.14. The molecule has 0 aliphatic carbocycles. The van der Waals surface area contributed by atoms with Gasteiger partial charge in [-0.1, -0.05) is 13.8 Å². The minimum atomic E-state index is -0.146. The van der Waals surface area contributed by atoms with Crippen LogP contribution in [0.5, 0.6) is 0 Å². The van der Waals surface area contributed by atoms with Crippen LogP contribution in [0.25, 0.3) is 0 Å². The van der Waals surface area contributed by atoms with E-state index in [-0.39, 0.29) is 30.4 Å². The lowest BCUT2D eigenvalue weighted by molar-refractivity contribution is -0.125. The fourth-order valence-electron chi connectivity index (χ4n) is 1.53. The zero-order valence-corrected chi connectivity index (χ0v) is 8.82. The molecule has 4 heteroatoms. The summed E-state index contributed by atoms with van der Waals surface area (Å²) in [5.41, 5.74) is 0. The van der Waals surface area contributed by atoms with Crippen LogP contribution >= 0.6 is 0 Å². The maximum absolute atomic E-state index is 11.4. The molecule has 0 saturated carbocycles. The highest BCUT2D eigenvalue weighted by Gasteiger charge is 2.26. The molecule has 0 aromatic rings. The molecule has 1 saturated heterocycles. The number of ether oxygens (including phenoxy) is 1. The Morgan fingerprint density at radius 3 is 2.79 bits per heavy atom. The molecule has 1 aliphatic rings. The van der Waals surface area contributed by atoms with Gasteiger partial charge >= 0.3 is 0 Å². The third-order valence-electron chi connectivity index (χ3n) is 2.58. The second-order valence-electron chi connectivity index (χ2n) is 4.08. The predicted octanol–water partition coefficient (Wildman–Crippen LogP) is 0.156. The van der Waals surface area contributed by atoms with E-state index >= 15 is 0 Å². The molecule has 1 rings (SSSR count). The van der Waals surface area contributed by atoms with E-state index in [1.54, 1.807) is 0 Å². The Bertz CT molecular complexity index is 188.